The van der Waals surface area contributed by atoms with Crippen LogP contribution in [0, 0.1) is 0 Å². The van der Waals surface area contributed by atoms with Crippen LogP contribution < -0.4 is 0 Å². The summed E-state index contributed by atoms with van der Waals surface area (Å²) in [5, 5.41) is 0. The van der Waals surface area contributed by atoms with Crippen LogP contribution in [0.3, 0.4) is 0 Å². The Kier molecular flexibility index (Phi) is 5.09. The summed E-state index contributed by atoms with van der Waals surface area (Å²) in [5.41, 5.74) is -1.56. The summed E-state index contributed by atoms with van der Waals surface area (Å²) in [4.78, 5) is 24.6. The van der Waals surface area contributed by atoms with Gasteiger partial charge in [0, 0.05) is 11.9 Å². The Hall–Kier alpha value is 0.670. The van der Waals surface area contributed by atoms with Gasteiger partial charge in [-0.2, -0.15) is 8.70 Å². The second-order valence-corrected chi connectivity index (χ2v) is 9.16. The molecule has 1 unspecified atom stereocenters. The molecule has 3 amide bonds. The second-order valence-electron chi connectivity index (χ2n) is 3.85. The van der Waals surface area contributed by atoms with E-state index in [1.54, 1.807) is 6.92 Å². The van der Waals surface area contributed by atoms with E-state index in [1.807, 2.05) is 0 Å². The fraction of sp³-hybridized carbons (Fsp3) is 0.750. The highest BCUT2D eigenvalue weighted by Crippen LogP contribution is 2.49. The molecule has 1 saturated heterocycles. The van der Waals surface area contributed by atoms with Gasteiger partial charge >= 0.3 is 10.7 Å². The third kappa shape index (κ3) is 3.47. The fourth-order valence-corrected chi connectivity index (χ4v) is 3.37. The average Bonchev–Trinajstić information content (AvgIpc) is 2.37. The third-order valence-corrected chi connectivity index (χ3v) is 4.31. The number of urea groups is 1. The van der Waals surface area contributed by atoms with Gasteiger partial charge in [0.25, 0.3) is 9.03 Å². The first-order chi connectivity index (χ1) is 8.34. The van der Waals surface area contributed by atoms with Crippen LogP contribution in [0.5, 0.6) is 0 Å². The summed E-state index contributed by atoms with van der Waals surface area (Å²) in [6, 6.07) is -1.09. The monoisotopic (exact) mass is 390 g/mol. The highest BCUT2D eigenvalue weighted by molar-refractivity contribution is 8.03. The third-order valence-electron chi connectivity index (χ3n) is 2.64. The van der Waals surface area contributed by atoms with Crippen molar-refractivity contribution >= 4 is 81.9 Å². The van der Waals surface area contributed by atoms with Crippen LogP contribution in [0.25, 0.3) is 0 Å². The van der Waals surface area contributed by atoms with Gasteiger partial charge in [-0.05, 0) is 36.5 Å². The van der Waals surface area contributed by atoms with Crippen molar-refractivity contribution in [3.63, 3.8) is 0 Å². The number of nitrogens with zero attached hydrogens (tertiary/aromatic N) is 2. The maximum Gasteiger partial charge on any atom is 0.342 e. The van der Waals surface area contributed by atoms with Crippen molar-refractivity contribution in [1.82, 2.24) is 9.21 Å². The molecule has 4 nitrogen and oxygen atoms in total. The van der Waals surface area contributed by atoms with E-state index in [-0.39, 0.29) is 6.42 Å². The second kappa shape index (κ2) is 5.46. The molecule has 0 aromatic carbocycles. The number of halogens is 6. The van der Waals surface area contributed by atoms with Crippen LogP contribution >= 0.6 is 70.0 Å². The van der Waals surface area contributed by atoms with Gasteiger partial charge in [0.05, 0.1) is 0 Å². The van der Waals surface area contributed by atoms with E-state index in [9.17, 15) is 14.0 Å². The molecule has 0 bridgehead atoms. The highest BCUT2D eigenvalue weighted by atomic mass is 35.6. The molecule has 0 aromatic rings. The first kappa shape index (κ1) is 17.7. The molecule has 110 valence electrons. The van der Waals surface area contributed by atoms with E-state index in [1.165, 1.54) is 6.92 Å². The van der Waals surface area contributed by atoms with Crippen molar-refractivity contribution in [1.29, 1.82) is 0 Å². The molecule has 1 atom stereocenters. The van der Waals surface area contributed by atoms with Gasteiger partial charge < -0.3 is 0 Å². The maximum absolute atomic E-state index is 13.8. The van der Waals surface area contributed by atoms with E-state index in [0.717, 1.165) is 0 Å². The Balaban J connectivity index is 3.22. The predicted octanol–water partition coefficient (Wildman–Crippen LogP) is 4.45. The van der Waals surface area contributed by atoms with Crippen molar-refractivity contribution in [2.75, 3.05) is 0 Å². The van der Waals surface area contributed by atoms with Crippen LogP contribution in [0.4, 0.5) is 9.18 Å². The van der Waals surface area contributed by atoms with Gasteiger partial charge in [0.15, 0.2) is 0 Å². The SMILES string of the molecule is CCC1(C)C(=O)N(SC(Cl)(Cl)Cl)C(=O)N1C(F)(Cl)Cl. The Bertz CT molecular complexity index is 413. The van der Waals surface area contributed by atoms with E-state index in [4.69, 9.17) is 58.0 Å². The molecule has 0 saturated carbocycles. The Labute approximate surface area is 138 Å². The summed E-state index contributed by atoms with van der Waals surface area (Å²) < 4.78 is 9.27. The zero-order valence-corrected chi connectivity index (χ0v) is 14.2. The van der Waals surface area contributed by atoms with Gasteiger partial charge in [-0.1, -0.05) is 41.7 Å². The Morgan fingerprint density at radius 1 is 1.26 bits per heavy atom. The standard InChI is InChI=1S/C8H8Cl5FN2O2S/c1-3-6(2)4(17)15(19-7(9,10)11)5(18)16(6)8(12,13)14/h3H2,1-2H3. The minimum absolute atomic E-state index is 0.0829. The smallest absolute Gasteiger partial charge is 0.271 e. The first-order valence-corrected chi connectivity index (χ1v) is 7.52. The van der Waals surface area contributed by atoms with Crippen LogP contribution in [0.15, 0.2) is 0 Å². The summed E-state index contributed by atoms with van der Waals surface area (Å²) >= 11 is 27.5. The summed E-state index contributed by atoms with van der Waals surface area (Å²) in [5.74, 6) is -0.764. The quantitative estimate of drug-likeness (QED) is 0.308. The van der Waals surface area contributed by atoms with E-state index >= 15 is 0 Å². The number of imide groups is 1. The van der Waals surface area contributed by atoms with Crippen LogP contribution in [-0.4, -0.2) is 34.5 Å². The van der Waals surface area contributed by atoms with E-state index in [2.05, 4.69) is 0 Å². The van der Waals surface area contributed by atoms with Crippen molar-refractivity contribution in [2.45, 2.75) is 33.6 Å². The normalized spacial score (nSPS) is 25.5. The molecule has 1 aliphatic rings. The predicted molar refractivity (Wildman–Crippen MR) is 76.2 cm³/mol. The lowest BCUT2D eigenvalue weighted by Crippen LogP contribution is -2.52. The number of amides is 3. The molecular weight excluding hydrogens is 384 g/mol. The van der Waals surface area contributed by atoms with E-state index < -0.39 is 25.3 Å². The Morgan fingerprint density at radius 2 is 1.74 bits per heavy atom. The molecule has 1 aliphatic heterocycles. The molecule has 11 heteroatoms. The van der Waals surface area contributed by atoms with Crippen LogP contribution in [-0.2, 0) is 4.79 Å². The zero-order chi connectivity index (χ0) is 15.2. The van der Waals surface area contributed by atoms with Gasteiger partial charge in [-0.25, -0.2) is 9.69 Å². The van der Waals surface area contributed by atoms with Gasteiger partial charge in [-0.15, -0.1) is 0 Å². The number of hydrogen-bond acceptors (Lipinski definition) is 3. The van der Waals surface area contributed by atoms with Crippen molar-refractivity contribution in [2.24, 2.45) is 0 Å². The molecule has 0 aliphatic carbocycles. The Morgan fingerprint density at radius 3 is 2.00 bits per heavy atom. The molecule has 0 spiro atoms. The van der Waals surface area contributed by atoms with Gasteiger partial charge in [-0.3, -0.25) is 4.79 Å². The summed E-state index contributed by atoms with van der Waals surface area (Å²) in [6.45, 7) is 2.90. The topological polar surface area (TPSA) is 40.6 Å². The number of alkyl halides is 6. The zero-order valence-electron chi connectivity index (χ0n) is 9.59. The lowest BCUT2D eigenvalue weighted by molar-refractivity contribution is -0.130. The van der Waals surface area contributed by atoms with Crippen LogP contribution in [0.2, 0.25) is 0 Å². The minimum Gasteiger partial charge on any atom is -0.271 e. The van der Waals surface area contributed by atoms with Crippen LogP contribution in [0.1, 0.15) is 20.3 Å². The first-order valence-electron chi connectivity index (χ1n) is 4.86. The van der Waals surface area contributed by atoms with Gasteiger partial charge in [0.2, 0.25) is 0 Å². The molecule has 19 heavy (non-hydrogen) atoms. The minimum atomic E-state index is -3.06. The molecular formula is C8H8Cl5FN2O2S. The fourth-order valence-electron chi connectivity index (χ4n) is 1.58. The molecule has 1 heterocycles. The van der Waals surface area contributed by atoms with E-state index in [0.29, 0.717) is 21.2 Å². The van der Waals surface area contributed by atoms with Crippen molar-refractivity contribution in [3.8, 4) is 0 Å². The number of rotatable bonds is 3. The van der Waals surface area contributed by atoms with Crippen molar-refractivity contribution < 1.29 is 14.0 Å². The lowest BCUT2D eigenvalue weighted by atomic mass is 9.98. The molecule has 0 radical (unpaired) electrons. The molecule has 1 rings (SSSR count). The summed E-state index contributed by atoms with van der Waals surface area (Å²) in [7, 11) is 0. The van der Waals surface area contributed by atoms with Gasteiger partial charge in [0.1, 0.15) is 5.54 Å². The molecule has 0 aromatic heterocycles. The highest BCUT2D eigenvalue weighted by Gasteiger charge is 2.62. The maximum atomic E-state index is 13.8. The molecule has 1 fully saturated rings. The largest absolute Gasteiger partial charge is 0.342 e. The average molecular weight is 392 g/mol. The number of carbonyl (C=O) groups is 2. The number of carbonyl (C=O) groups excluding carboxylic acids is 2. The number of hydrogen-bond donors (Lipinski definition) is 0. The molecule has 0 N–H and O–H groups in total. The summed E-state index contributed by atoms with van der Waals surface area (Å²) in [6.07, 6.45) is 0.0829. The van der Waals surface area contributed by atoms with Crippen molar-refractivity contribution in [3.05, 3.63) is 0 Å². The lowest BCUT2D eigenvalue weighted by Gasteiger charge is -2.34.